The van der Waals surface area contributed by atoms with Crippen molar-refractivity contribution in [3.8, 4) is 0 Å². The van der Waals surface area contributed by atoms with Gasteiger partial charge in [-0.1, -0.05) is 35.5 Å². The van der Waals surface area contributed by atoms with Gasteiger partial charge in [0, 0.05) is 31.3 Å². The molecule has 2 unspecified atom stereocenters. The number of anilines is 2. The van der Waals surface area contributed by atoms with Crippen molar-refractivity contribution in [3.05, 3.63) is 47.5 Å². The lowest BCUT2D eigenvalue weighted by molar-refractivity contribution is -0.124. The van der Waals surface area contributed by atoms with Crippen LogP contribution in [-0.2, 0) is 9.59 Å². The van der Waals surface area contributed by atoms with Gasteiger partial charge in [-0.25, -0.2) is 27.5 Å². The number of amides is 2. The van der Waals surface area contributed by atoms with Gasteiger partial charge in [0.1, 0.15) is 22.7 Å². The van der Waals surface area contributed by atoms with Gasteiger partial charge in [-0.3, -0.25) is 19.4 Å². The summed E-state index contributed by atoms with van der Waals surface area (Å²) >= 11 is 2.19. The smallest absolute Gasteiger partial charge is 0.243 e. The molecule has 3 saturated heterocycles. The van der Waals surface area contributed by atoms with Crippen LogP contribution in [0.1, 0.15) is 51.4 Å². The maximum absolute atomic E-state index is 13.9. The minimum Gasteiger partial charge on any atom is -0.308 e. The first-order valence-electron chi connectivity index (χ1n) is 17.9. The number of nitrogens with zero attached hydrogens (tertiary/aromatic N) is 6. The van der Waals surface area contributed by atoms with Crippen molar-refractivity contribution in [2.45, 2.75) is 69.5 Å². The van der Waals surface area contributed by atoms with Crippen molar-refractivity contribution < 1.29 is 27.2 Å². The van der Waals surface area contributed by atoms with Gasteiger partial charge < -0.3 is 20.4 Å². The average Bonchev–Trinajstić information content (AvgIpc) is 3.71. The lowest BCUT2D eigenvalue weighted by atomic mass is 9.94. The molecule has 2 aromatic heterocycles. The molecule has 0 aliphatic carbocycles. The second-order valence-corrected chi connectivity index (χ2v) is 16.2. The molecule has 10 nitrogen and oxygen atoms in total. The van der Waals surface area contributed by atoms with Crippen LogP contribution in [0.25, 0.3) is 20.4 Å². The van der Waals surface area contributed by atoms with E-state index in [-0.39, 0.29) is 34.9 Å². The fourth-order valence-corrected chi connectivity index (χ4v) is 9.10. The Kier molecular flexibility index (Phi) is 12.7. The topological polar surface area (TPSA) is 96.9 Å². The van der Waals surface area contributed by atoms with Crippen LogP contribution in [0.4, 0.5) is 27.8 Å². The molecule has 282 valence electrons. The second-order valence-electron chi connectivity index (χ2n) is 14.1. The van der Waals surface area contributed by atoms with E-state index in [0.717, 1.165) is 125 Å². The van der Waals surface area contributed by atoms with Gasteiger partial charge in [-0.15, -0.1) is 0 Å². The Morgan fingerprint density at radius 2 is 1.27 bits per heavy atom. The van der Waals surface area contributed by atoms with Crippen molar-refractivity contribution in [2.24, 2.45) is 0 Å². The maximum Gasteiger partial charge on any atom is 0.243 e. The summed E-state index contributed by atoms with van der Waals surface area (Å²) in [7, 11) is 6.15. The highest BCUT2D eigenvalue weighted by Gasteiger charge is 2.35. The molecule has 3 fully saturated rings. The number of hydrogen-bond acceptors (Lipinski definition) is 10. The molecule has 2 atom stereocenters. The molecule has 52 heavy (non-hydrogen) atoms. The van der Waals surface area contributed by atoms with E-state index in [1.807, 2.05) is 14.1 Å². The van der Waals surface area contributed by atoms with E-state index in [1.54, 1.807) is 0 Å². The zero-order valence-electron chi connectivity index (χ0n) is 29.8. The van der Waals surface area contributed by atoms with Crippen LogP contribution < -0.4 is 10.6 Å². The molecule has 0 radical (unpaired) electrons. The quantitative estimate of drug-likeness (QED) is 0.200. The standard InChI is InChI=1S/C19H24F2N4OS.C17H22F2N4OS/c1-24-8-5-13(6-9-24)25-7-3-2-4-15(25)18(26)23-19-22-17-14(21)10-12(20)11-16(17)27-19;1-22(2)7-8-23-6-4-3-5-13(23)16(24)21-17-20-15-12(19)9-11(18)10-14(15)25-17/h10-11,13,15H,2-9H2,1H3,(H,22,23,26);9-10,13H,3-8H2,1-2H3,(H,20,21,24). The summed E-state index contributed by atoms with van der Waals surface area (Å²) < 4.78 is 55.1. The molecular formula is C36H46F4N8O2S2. The zero-order chi connectivity index (χ0) is 36.9. The van der Waals surface area contributed by atoms with Gasteiger partial charge in [0.2, 0.25) is 11.8 Å². The van der Waals surface area contributed by atoms with E-state index >= 15 is 0 Å². The number of nitrogens with one attached hydrogen (secondary N) is 2. The molecular weight excluding hydrogens is 717 g/mol. The third kappa shape index (κ3) is 9.44. The fourth-order valence-electron chi connectivity index (χ4n) is 7.28. The first-order valence-corrected chi connectivity index (χ1v) is 19.5. The number of hydrogen-bond donors (Lipinski definition) is 2. The Morgan fingerprint density at radius 3 is 1.83 bits per heavy atom. The number of likely N-dealkylation sites (tertiary alicyclic amines) is 3. The molecule has 2 aromatic carbocycles. The minimum absolute atomic E-state index is 0.0893. The van der Waals surface area contributed by atoms with Gasteiger partial charge in [0.15, 0.2) is 21.9 Å². The summed E-state index contributed by atoms with van der Waals surface area (Å²) in [6, 6.07) is 4.14. The summed E-state index contributed by atoms with van der Waals surface area (Å²) in [6.07, 6.45) is 8.01. The van der Waals surface area contributed by atoms with E-state index in [1.165, 1.54) is 12.1 Å². The highest BCUT2D eigenvalue weighted by atomic mass is 32.1. The number of halogens is 4. The molecule has 5 heterocycles. The summed E-state index contributed by atoms with van der Waals surface area (Å²) in [5.41, 5.74) is 0.197. The van der Waals surface area contributed by atoms with Crippen LogP contribution in [0.3, 0.4) is 0 Å². The number of likely N-dealkylation sites (N-methyl/N-ethyl adjacent to an activating group) is 1. The van der Waals surface area contributed by atoms with Gasteiger partial charge in [-0.05, 0) is 98.0 Å². The van der Waals surface area contributed by atoms with E-state index in [0.29, 0.717) is 25.7 Å². The Labute approximate surface area is 309 Å². The van der Waals surface area contributed by atoms with Crippen LogP contribution in [0, 0.1) is 23.3 Å². The molecule has 16 heteroatoms. The number of piperidine rings is 3. The molecule has 0 bridgehead atoms. The molecule has 0 spiro atoms. The number of thiazole rings is 2. The Morgan fingerprint density at radius 1 is 0.750 bits per heavy atom. The van der Waals surface area contributed by atoms with Crippen molar-refractivity contribution in [3.63, 3.8) is 0 Å². The first kappa shape index (κ1) is 38.4. The third-order valence-electron chi connectivity index (χ3n) is 10.0. The SMILES string of the molecule is CN(C)CCN1CCCCC1C(=O)Nc1nc2c(F)cc(F)cc2s1.CN1CCC(N2CCCCC2C(=O)Nc2nc3c(F)cc(F)cc3s2)CC1. The molecule has 7 rings (SSSR count). The van der Waals surface area contributed by atoms with Crippen LogP contribution in [0.15, 0.2) is 24.3 Å². The number of carbonyl (C=O) groups excluding carboxylic acids is 2. The molecule has 3 aliphatic heterocycles. The van der Waals surface area contributed by atoms with Crippen molar-refractivity contribution in [2.75, 3.05) is 71.0 Å². The van der Waals surface area contributed by atoms with Crippen LogP contribution in [-0.4, -0.2) is 120 Å². The number of benzene rings is 2. The fraction of sp³-hybridized carbons (Fsp3) is 0.556. The third-order valence-corrected chi connectivity index (χ3v) is 11.9. The average molecular weight is 763 g/mol. The number of carbonyl (C=O) groups is 2. The van der Waals surface area contributed by atoms with E-state index in [9.17, 15) is 27.2 Å². The second kappa shape index (κ2) is 17.2. The minimum atomic E-state index is -0.711. The van der Waals surface area contributed by atoms with Crippen molar-refractivity contribution in [1.29, 1.82) is 0 Å². The molecule has 3 aliphatic rings. The van der Waals surface area contributed by atoms with Crippen LogP contribution in [0.5, 0.6) is 0 Å². The van der Waals surface area contributed by atoms with E-state index in [4.69, 9.17) is 0 Å². The largest absolute Gasteiger partial charge is 0.308 e. The lowest BCUT2D eigenvalue weighted by Crippen LogP contribution is -2.54. The summed E-state index contributed by atoms with van der Waals surface area (Å²) in [4.78, 5) is 42.8. The van der Waals surface area contributed by atoms with E-state index in [2.05, 4.69) is 47.2 Å². The van der Waals surface area contributed by atoms with Gasteiger partial charge in [0.25, 0.3) is 0 Å². The van der Waals surface area contributed by atoms with Crippen molar-refractivity contribution in [1.82, 2.24) is 29.6 Å². The van der Waals surface area contributed by atoms with Gasteiger partial charge in [-0.2, -0.15) is 0 Å². The van der Waals surface area contributed by atoms with Gasteiger partial charge >= 0.3 is 0 Å². The van der Waals surface area contributed by atoms with Crippen LogP contribution >= 0.6 is 22.7 Å². The Bertz CT molecular complexity index is 1860. The highest BCUT2D eigenvalue weighted by molar-refractivity contribution is 7.22. The Balaban J connectivity index is 0.000000179. The summed E-state index contributed by atoms with van der Waals surface area (Å²) in [5.74, 6) is -2.91. The molecule has 2 amide bonds. The Hall–Kier alpha value is -3.28. The van der Waals surface area contributed by atoms with Gasteiger partial charge in [0.05, 0.1) is 21.5 Å². The number of fused-ring (bicyclic) bond motifs is 2. The number of rotatable bonds is 8. The molecule has 2 N–H and O–H groups in total. The number of aromatic nitrogens is 2. The van der Waals surface area contributed by atoms with E-state index < -0.39 is 23.3 Å². The normalized spacial score (nSPS) is 21.0. The highest BCUT2D eigenvalue weighted by Crippen LogP contribution is 2.32. The zero-order valence-corrected chi connectivity index (χ0v) is 31.4. The summed E-state index contributed by atoms with van der Waals surface area (Å²) in [5, 5.41) is 6.28. The maximum atomic E-state index is 13.9. The molecule has 4 aromatic rings. The van der Waals surface area contributed by atoms with Crippen LogP contribution in [0.2, 0.25) is 0 Å². The predicted molar refractivity (Wildman–Crippen MR) is 199 cm³/mol. The first-order chi connectivity index (χ1) is 24.9. The lowest BCUT2D eigenvalue weighted by Gasteiger charge is -2.43. The molecule has 0 saturated carbocycles. The predicted octanol–water partition coefficient (Wildman–Crippen LogP) is 6.39. The monoisotopic (exact) mass is 762 g/mol. The summed E-state index contributed by atoms with van der Waals surface area (Å²) in [6.45, 7) is 5.65. The van der Waals surface area contributed by atoms with Crippen molar-refractivity contribution >= 4 is 65.2 Å².